The summed E-state index contributed by atoms with van der Waals surface area (Å²) >= 11 is 0. The van der Waals surface area contributed by atoms with Crippen LogP contribution in [0.15, 0.2) is 24.4 Å². The Bertz CT molecular complexity index is 456. The summed E-state index contributed by atoms with van der Waals surface area (Å²) in [6, 6.07) is -0.0167. The van der Waals surface area contributed by atoms with Crippen molar-refractivity contribution in [3.05, 3.63) is 24.4 Å². The van der Waals surface area contributed by atoms with Gasteiger partial charge in [0.25, 0.3) is 0 Å². The number of hydrogen-bond donors (Lipinski definition) is 4. The number of nitrogens with two attached hydrogens (primary N) is 1. The molecule has 1 saturated carbocycles. The molecule has 1 saturated heterocycles. The summed E-state index contributed by atoms with van der Waals surface area (Å²) in [5, 5.41) is 3.28. The van der Waals surface area contributed by atoms with E-state index in [1.165, 1.54) is 24.8 Å². The lowest BCUT2D eigenvalue weighted by Gasteiger charge is -2.17. The van der Waals surface area contributed by atoms with Gasteiger partial charge in [-0.1, -0.05) is 38.0 Å². The van der Waals surface area contributed by atoms with Crippen LogP contribution in [0.5, 0.6) is 0 Å². The highest BCUT2D eigenvalue weighted by Gasteiger charge is 2.40. The molecule has 1 aliphatic heterocycles. The number of hydrogen-bond acceptors (Lipinski definition) is 5. The summed E-state index contributed by atoms with van der Waals surface area (Å²) in [5.41, 5.74) is 14.4. The fraction of sp³-hybridized carbons (Fsp3) is 0.737. The van der Waals surface area contributed by atoms with Crippen molar-refractivity contribution in [3.8, 4) is 0 Å². The number of allylic oxidation sites excluding steroid dienone is 1. The summed E-state index contributed by atoms with van der Waals surface area (Å²) in [7, 11) is 0. The summed E-state index contributed by atoms with van der Waals surface area (Å²) in [6.45, 7) is 9.05. The van der Waals surface area contributed by atoms with Crippen LogP contribution in [0.25, 0.3) is 0 Å². The Hall–Kier alpha value is -1.17. The Morgan fingerprint density at radius 2 is 1.96 bits per heavy atom. The van der Waals surface area contributed by atoms with Gasteiger partial charge in [-0.3, -0.25) is 4.79 Å². The van der Waals surface area contributed by atoms with Crippen LogP contribution in [-0.2, 0) is 4.79 Å². The van der Waals surface area contributed by atoms with Gasteiger partial charge < -0.3 is 11.1 Å². The van der Waals surface area contributed by atoms with Gasteiger partial charge in [-0.05, 0) is 45.1 Å². The molecule has 2 aliphatic rings. The highest BCUT2D eigenvalue weighted by Crippen LogP contribution is 2.28. The van der Waals surface area contributed by atoms with Crippen LogP contribution in [0.4, 0.5) is 0 Å². The highest BCUT2D eigenvalue weighted by atomic mass is 16.1. The maximum Gasteiger partial charge on any atom is 0.154 e. The molecule has 0 bridgehead atoms. The molecule has 0 aromatic rings. The Morgan fingerprint density at radius 1 is 1.21 bits per heavy atom. The topological polar surface area (TPSA) is 99.0 Å². The normalized spacial score (nSPS) is 21.7. The summed E-state index contributed by atoms with van der Waals surface area (Å²) in [6.07, 6.45) is 11.4. The molecule has 1 aliphatic carbocycles. The second-order valence-corrected chi connectivity index (χ2v) is 7.37. The Labute approximate surface area is 146 Å². The number of unbranched alkanes of at least 4 members (excludes halogenated alkanes) is 3. The smallest absolute Gasteiger partial charge is 0.154 e. The van der Waals surface area contributed by atoms with E-state index in [0.717, 1.165) is 57.2 Å². The Kier molecular flexibility index (Phi) is 7.46. The summed E-state index contributed by atoms with van der Waals surface area (Å²) in [5.74, 6) is 0.321. The van der Waals surface area contributed by atoms with Crippen LogP contribution in [0.3, 0.4) is 0 Å². The second kappa shape index (κ2) is 9.35. The van der Waals surface area contributed by atoms with Gasteiger partial charge in [0.2, 0.25) is 0 Å². The van der Waals surface area contributed by atoms with Crippen molar-refractivity contribution in [3.63, 3.8) is 0 Å². The van der Waals surface area contributed by atoms with Crippen molar-refractivity contribution in [2.75, 3.05) is 6.54 Å². The third-order valence-corrected chi connectivity index (χ3v) is 5.09. The Morgan fingerprint density at radius 3 is 2.58 bits per heavy atom. The molecule has 0 aromatic carbocycles. The highest BCUT2D eigenvalue weighted by molar-refractivity contribution is 5.86. The first kappa shape index (κ1) is 19.2. The van der Waals surface area contributed by atoms with E-state index in [2.05, 4.69) is 29.3 Å². The molecular weight excluding hydrogens is 300 g/mol. The third kappa shape index (κ3) is 6.38. The van der Waals surface area contributed by atoms with Gasteiger partial charge in [-0.15, -0.1) is 0 Å². The SMILES string of the molecule is C=C(CCC1(CCCCCCN)NN1)CC(=C)NC1CCCC1=O. The van der Waals surface area contributed by atoms with Crippen molar-refractivity contribution >= 4 is 5.78 Å². The van der Waals surface area contributed by atoms with Crippen molar-refractivity contribution in [2.24, 2.45) is 5.73 Å². The largest absolute Gasteiger partial charge is 0.379 e. The molecule has 5 N–H and O–H groups in total. The van der Waals surface area contributed by atoms with Gasteiger partial charge in [0, 0.05) is 18.5 Å². The third-order valence-electron chi connectivity index (χ3n) is 5.09. The molecule has 2 rings (SSSR count). The monoisotopic (exact) mass is 334 g/mol. The molecular formula is C19H34N4O. The van der Waals surface area contributed by atoms with Crippen LogP contribution >= 0.6 is 0 Å². The first-order chi connectivity index (χ1) is 11.5. The molecule has 1 unspecified atom stereocenters. The molecule has 0 aromatic heterocycles. The maximum atomic E-state index is 11.7. The molecule has 1 atom stereocenters. The van der Waals surface area contributed by atoms with Crippen molar-refractivity contribution in [1.29, 1.82) is 0 Å². The quantitative estimate of drug-likeness (QED) is 0.236. The predicted molar refractivity (Wildman–Crippen MR) is 99.1 cm³/mol. The number of rotatable bonds is 13. The van der Waals surface area contributed by atoms with Gasteiger partial charge in [-0.2, -0.15) is 0 Å². The molecule has 2 fully saturated rings. The molecule has 0 radical (unpaired) electrons. The van der Waals surface area contributed by atoms with Gasteiger partial charge in [-0.25, -0.2) is 10.9 Å². The molecule has 5 heteroatoms. The summed E-state index contributed by atoms with van der Waals surface area (Å²) in [4.78, 5) is 11.7. The van der Waals surface area contributed by atoms with E-state index in [9.17, 15) is 4.79 Å². The fourth-order valence-electron chi connectivity index (χ4n) is 3.43. The zero-order chi connectivity index (χ0) is 17.4. The minimum atomic E-state index is -0.0167. The van der Waals surface area contributed by atoms with Crippen LogP contribution in [0, 0.1) is 0 Å². The predicted octanol–water partition coefficient (Wildman–Crippen LogP) is 2.65. The fourth-order valence-corrected chi connectivity index (χ4v) is 3.43. The van der Waals surface area contributed by atoms with Gasteiger partial charge in [0.1, 0.15) is 0 Å². The lowest BCUT2D eigenvalue weighted by Crippen LogP contribution is -2.31. The first-order valence-corrected chi connectivity index (χ1v) is 9.43. The zero-order valence-electron chi connectivity index (χ0n) is 15.0. The Balaban J connectivity index is 1.58. The van der Waals surface area contributed by atoms with Crippen LogP contribution < -0.4 is 21.9 Å². The number of Topliss-reactive ketones (excluding diaryl/α,β-unsaturated/α-hetero) is 1. The lowest BCUT2D eigenvalue weighted by atomic mass is 9.96. The second-order valence-electron chi connectivity index (χ2n) is 7.37. The van der Waals surface area contributed by atoms with Crippen LogP contribution in [0.1, 0.15) is 70.6 Å². The number of ketones is 1. The summed E-state index contributed by atoms with van der Waals surface area (Å²) < 4.78 is 0. The number of carbonyl (C=O) groups excluding carboxylic acids is 1. The van der Waals surface area contributed by atoms with Crippen LogP contribution in [-0.4, -0.2) is 24.0 Å². The van der Waals surface area contributed by atoms with Gasteiger partial charge in [0.05, 0.1) is 11.7 Å². The van der Waals surface area contributed by atoms with E-state index in [1.54, 1.807) is 0 Å². The molecule has 24 heavy (non-hydrogen) atoms. The van der Waals surface area contributed by atoms with E-state index in [0.29, 0.717) is 12.2 Å². The van der Waals surface area contributed by atoms with E-state index in [1.807, 2.05) is 0 Å². The van der Waals surface area contributed by atoms with Crippen LogP contribution in [0.2, 0.25) is 0 Å². The van der Waals surface area contributed by atoms with Crippen molar-refractivity contribution < 1.29 is 4.79 Å². The van der Waals surface area contributed by atoms with E-state index >= 15 is 0 Å². The first-order valence-electron chi connectivity index (χ1n) is 9.43. The van der Waals surface area contributed by atoms with E-state index in [4.69, 9.17) is 5.73 Å². The number of hydrazine groups is 1. The maximum absolute atomic E-state index is 11.7. The molecule has 1 heterocycles. The number of nitrogens with one attached hydrogen (secondary N) is 3. The molecule has 136 valence electrons. The molecule has 0 spiro atoms. The molecule has 5 nitrogen and oxygen atoms in total. The average molecular weight is 335 g/mol. The average Bonchev–Trinajstić information content (AvgIpc) is 3.21. The lowest BCUT2D eigenvalue weighted by molar-refractivity contribution is -0.118. The zero-order valence-corrected chi connectivity index (χ0v) is 15.0. The van der Waals surface area contributed by atoms with Gasteiger partial charge >= 0.3 is 0 Å². The van der Waals surface area contributed by atoms with Crippen molar-refractivity contribution in [1.82, 2.24) is 16.2 Å². The minimum Gasteiger partial charge on any atom is -0.379 e. The van der Waals surface area contributed by atoms with E-state index < -0.39 is 0 Å². The number of carbonyl (C=O) groups is 1. The van der Waals surface area contributed by atoms with Gasteiger partial charge in [0.15, 0.2) is 5.78 Å². The van der Waals surface area contributed by atoms with Crippen molar-refractivity contribution in [2.45, 2.75) is 82.3 Å². The standard InChI is InChI=1S/C19H34N4O/c1-15(14-16(2)21-17-8-7-9-18(17)24)10-12-19(22-23-19)11-5-3-4-6-13-20/h17,21-23H,1-14,20H2. The van der Waals surface area contributed by atoms with E-state index in [-0.39, 0.29) is 11.7 Å². The molecule has 0 amide bonds. The minimum absolute atomic E-state index is 0.0167.